The first-order valence-electron chi connectivity index (χ1n) is 35.5. The van der Waals surface area contributed by atoms with E-state index in [0.717, 1.165) is 141 Å². The van der Waals surface area contributed by atoms with Crippen LogP contribution >= 0.6 is 15.6 Å². The Balaban J connectivity index is 4.58. The lowest BCUT2D eigenvalue weighted by atomic mass is 10.1. The van der Waals surface area contributed by atoms with Crippen molar-refractivity contribution in [2.75, 3.05) is 39.6 Å². The molecule has 0 aromatic rings. The van der Waals surface area contributed by atoms with Crippen molar-refractivity contribution in [3.63, 3.8) is 0 Å². The predicted octanol–water partition coefficient (Wildman–Crippen LogP) is 20.0. The van der Waals surface area contributed by atoms with Gasteiger partial charge in [-0.3, -0.25) is 32.5 Å². The van der Waals surface area contributed by atoms with Crippen molar-refractivity contribution < 1.29 is 75.8 Å². The standard InChI is InChI=1S/C75H126O16P2/c1-4-7-10-13-16-19-22-24-26-28-30-32-33-34-35-37-39-40-42-44-47-49-52-55-58-61-73(78)85-64-70(76)65-87-92(81,82)88-66-71(77)67-89-93(83,84)90-69-72(91-75(80)63-60-57-54-51-46-21-18-15-12-9-6-3)68-86-74(79)62-59-56-53-50-48-45-43-41-38-36-31-29-27-25-23-20-17-14-11-8-5-2/h8,11,15-20,24-27,30-32,34-36,41,43,48,50,70-72,76-77H,4-7,9-10,12-14,21-23,28-29,33,37-40,42,44-47,49,51-69H2,1-3H3,(H,81,82)(H,83,84)/b11-8-,18-15-,19-16-,20-17-,26-24-,27-25-,32-30-,35-34-,36-31-,43-41-,50-48-. The van der Waals surface area contributed by atoms with Crippen molar-refractivity contribution in [3.8, 4) is 0 Å². The molecule has 0 saturated carbocycles. The number of phosphoric ester groups is 2. The van der Waals surface area contributed by atoms with Crippen LogP contribution in [-0.2, 0) is 55.8 Å². The number of carbonyl (C=O) groups excluding carboxylic acids is 3. The van der Waals surface area contributed by atoms with Gasteiger partial charge in [0.05, 0.1) is 26.4 Å². The van der Waals surface area contributed by atoms with Crippen LogP contribution in [0.1, 0.15) is 265 Å². The summed E-state index contributed by atoms with van der Waals surface area (Å²) in [5.41, 5.74) is 0. The van der Waals surface area contributed by atoms with Gasteiger partial charge < -0.3 is 34.2 Å². The highest BCUT2D eigenvalue weighted by Gasteiger charge is 2.29. The molecule has 0 aliphatic carbocycles. The minimum absolute atomic E-state index is 0.0802. The molecule has 0 rings (SSSR count). The van der Waals surface area contributed by atoms with Gasteiger partial charge in [0.15, 0.2) is 6.10 Å². The SMILES string of the molecule is CC/C=C\C/C=C\C/C=C\C/C=C\C/C=C\C/C=C\CCCCC(=O)OCC(COP(=O)(O)OCC(O)COP(=O)(O)OCC(O)COC(=O)CCCCCCCCCCC/C=C\C/C=C\C/C=C\C/C=C\CCCCC)OC(=O)CCCCCCC/C=C\CCCC. The topological polar surface area (TPSA) is 231 Å². The highest BCUT2D eigenvalue weighted by molar-refractivity contribution is 7.47. The number of allylic oxidation sites excluding steroid dienone is 22. The second-order valence-electron chi connectivity index (χ2n) is 23.3. The van der Waals surface area contributed by atoms with Gasteiger partial charge in [0.2, 0.25) is 0 Å². The minimum Gasteiger partial charge on any atom is -0.463 e. The lowest BCUT2D eigenvalue weighted by molar-refractivity contribution is -0.161. The molecule has 0 amide bonds. The second-order valence-corrected chi connectivity index (χ2v) is 26.2. The summed E-state index contributed by atoms with van der Waals surface area (Å²) in [6.07, 6.45) is 79.5. The number of ether oxygens (including phenoxy) is 3. The van der Waals surface area contributed by atoms with Crippen LogP contribution in [0.25, 0.3) is 0 Å². The van der Waals surface area contributed by atoms with Crippen LogP contribution in [0.3, 0.4) is 0 Å². The first-order valence-corrected chi connectivity index (χ1v) is 38.5. The van der Waals surface area contributed by atoms with Crippen LogP contribution in [0.2, 0.25) is 0 Å². The van der Waals surface area contributed by atoms with Crippen molar-refractivity contribution in [2.45, 2.75) is 283 Å². The van der Waals surface area contributed by atoms with Crippen LogP contribution in [0.15, 0.2) is 134 Å². The molecule has 18 heteroatoms. The molecule has 0 aliphatic heterocycles. The molecule has 93 heavy (non-hydrogen) atoms. The number of hydrogen-bond donors (Lipinski definition) is 4. The molecule has 4 N–H and O–H groups in total. The van der Waals surface area contributed by atoms with Crippen LogP contribution in [0.5, 0.6) is 0 Å². The van der Waals surface area contributed by atoms with Gasteiger partial charge in [-0.2, -0.15) is 0 Å². The van der Waals surface area contributed by atoms with Crippen molar-refractivity contribution in [3.05, 3.63) is 134 Å². The summed E-state index contributed by atoms with van der Waals surface area (Å²) in [4.78, 5) is 58.3. The van der Waals surface area contributed by atoms with E-state index in [2.05, 4.69) is 154 Å². The maximum absolute atomic E-state index is 12.9. The smallest absolute Gasteiger partial charge is 0.463 e. The maximum atomic E-state index is 12.9. The summed E-state index contributed by atoms with van der Waals surface area (Å²) in [7, 11) is -9.80. The van der Waals surface area contributed by atoms with E-state index in [-0.39, 0.29) is 19.3 Å². The molecule has 0 aromatic carbocycles. The van der Waals surface area contributed by atoms with Crippen LogP contribution in [0, 0.1) is 0 Å². The second kappa shape index (κ2) is 67.7. The number of unbranched alkanes of at least 4 members (excludes halogenated alkanes) is 21. The number of rotatable bonds is 66. The Bertz CT molecular complexity index is 2230. The number of carbonyl (C=O) groups is 3. The van der Waals surface area contributed by atoms with E-state index < -0.39 is 91.5 Å². The Kier molecular flexibility index (Phi) is 64.5. The molecule has 0 saturated heterocycles. The zero-order valence-electron chi connectivity index (χ0n) is 57.6. The normalized spacial score (nSPS) is 15.0. The van der Waals surface area contributed by atoms with Gasteiger partial charge in [-0.25, -0.2) is 9.13 Å². The first kappa shape index (κ1) is 88.7. The number of phosphoric acid groups is 2. The Labute approximate surface area is 563 Å². The summed E-state index contributed by atoms with van der Waals surface area (Å²) in [6, 6.07) is 0. The van der Waals surface area contributed by atoms with E-state index in [1.807, 2.05) is 0 Å². The molecule has 0 spiro atoms. The lowest BCUT2D eigenvalue weighted by Crippen LogP contribution is -2.30. The number of aliphatic hydroxyl groups excluding tert-OH is 2. The summed E-state index contributed by atoms with van der Waals surface area (Å²) < 4.78 is 60.8. The molecular formula is C75H126O16P2. The zero-order valence-corrected chi connectivity index (χ0v) is 59.4. The molecule has 0 aliphatic rings. The van der Waals surface area contributed by atoms with Gasteiger partial charge in [-0.05, 0) is 135 Å². The van der Waals surface area contributed by atoms with E-state index in [4.69, 9.17) is 32.3 Å². The molecule has 5 atom stereocenters. The third-order valence-corrected chi connectivity index (χ3v) is 16.2. The van der Waals surface area contributed by atoms with E-state index in [9.17, 15) is 43.5 Å². The predicted molar refractivity (Wildman–Crippen MR) is 380 cm³/mol. The Morgan fingerprint density at radius 1 is 0.312 bits per heavy atom. The summed E-state index contributed by atoms with van der Waals surface area (Å²) in [5, 5.41) is 20.6. The van der Waals surface area contributed by atoms with Gasteiger partial charge >= 0.3 is 33.6 Å². The van der Waals surface area contributed by atoms with Crippen molar-refractivity contribution in [2.24, 2.45) is 0 Å². The number of esters is 3. The van der Waals surface area contributed by atoms with Gasteiger partial charge in [0.25, 0.3) is 0 Å². The van der Waals surface area contributed by atoms with E-state index in [1.165, 1.54) is 64.2 Å². The van der Waals surface area contributed by atoms with Crippen LogP contribution < -0.4 is 0 Å². The van der Waals surface area contributed by atoms with Gasteiger partial charge in [0, 0.05) is 19.3 Å². The van der Waals surface area contributed by atoms with Crippen molar-refractivity contribution >= 4 is 33.6 Å². The highest BCUT2D eigenvalue weighted by Crippen LogP contribution is 2.45. The molecule has 0 fully saturated rings. The summed E-state index contributed by atoms with van der Waals surface area (Å²) >= 11 is 0. The zero-order chi connectivity index (χ0) is 68.1. The van der Waals surface area contributed by atoms with Crippen LogP contribution in [0.4, 0.5) is 0 Å². The third-order valence-electron chi connectivity index (χ3n) is 14.3. The molecule has 0 bridgehead atoms. The molecule has 16 nitrogen and oxygen atoms in total. The molecule has 0 radical (unpaired) electrons. The van der Waals surface area contributed by atoms with E-state index in [1.54, 1.807) is 0 Å². The average Bonchev–Trinajstić information content (AvgIpc) is 2.38. The van der Waals surface area contributed by atoms with Crippen molar-refractivity contribution in [1.82, 2.24) is 0 Å². The Morgan fingerprint density at radius 3 is 0.968 bits per heavy atom. The van der Waals surface area contributed by atoms with Gasteiger partial charge in [-0.1, -0.05) is 244 Å². The fourth-order valence-electron chi connectivity index (χ4n) is 8.89. The highest BCUT2D eigenvalue weighted by atomic mass is 31.2. The molecule has 5 unspecified atom stereocenters. The molecular weight excluding hydrogens is 1220 g/mol. The van der Waals surface area contributed by atoms with Crippen LogP contribution in [-0.4, -0.2) is 95.9 Å². The number of aliphatic hydroxyl groups is 2. The quantitative estimate of drug-likeness (QED) is 0.0146. The fourth-order valence-corrected chi connectivity index (χ4v) is 10.5. The fraction of sp³-hybridized carbons (Fsp3) is 0.667. The lowest BCUT2D eigenvalue weighted by Gasteiger charge is -2.21. The summed E-state index contributed by atoms with van der Waals surface area (Å²) in [5.74, 6) is -1.65. The van der Waals surface area contributed by atoms with Gasteiger partial charge in [-0.15, -0.1) is 0 Å². The Hall–Kier alpha value is -4.31. The van der Waals surface area contributed by atoms with Crippen molar-refractivity contribution in [1.29, 1.82) is 0 Å². The molecule has 0 heterocycles. The minimum atomic E-state index is -4.94. The third kappa shape index (κ3) is 68.9. The number of hydrogen-bond acceptors (Lipinski definition) is 14. The maximum Gasteiger partial charge on any atom is 0.472 e. The monoisotopic (exact) mass is 1340 g/mol. The largest absolute Gasteiger partial charge is 0.472 e. The average molecular weight is 1350 g/mol. The molecule has 0 aromatic heterocycles. The van der Waals surface area contributed by atoms with E-state index in [0.29, 0.717) is 19.3 Å². The summed E-state index contributed by atoms with van der Waals surface area (Å²) in [6.45, 7) is 2.40. The van der Waals surface area contributed by atoms with Gasteiger partial charge in [0.1, 0.15) is 25.4 Å². The molecule has 532 valence electrons. The first-order chi connectivity index (χ1) is 45.2. The van der Waals surface area contributed by atoms with E-state index >= 15 is 0 Å². The Morgan fingerprint density at radius 2 is 0.581 bits per heavy atom.